The van der Waals surface area contributed by atoms with Gasteiger partial charge in [-0.25, -0.2) is 4.79 Å². The second kappa shape index (κ2) is 7.59. The van der Waals surface area contributed by atoms with Crippen molar-refractivity contribution < 1.29 is 9.26 Å². The van der Waals surface area contributed by atoms with Gasteiger partial charge in [0.05, 0.1) is 18.0 Å². The predicted octanol–water partition coefficient (Wildman–Crippen LogP) is 2.46. The maximum atomic E-state index is 12.9. The Morgan fingerprint density at radius 1 is 1.10 bits per heavy atom. The summed E-state index contributed by atoms with van der Waals surface area (Å²) in [6.07, 6.45) is 1.51. The molecule has 0 saturated carbocycles. The van der Waals surface area contributed by atoms with E-state index in [1.165, 1.54) is 10.6 Å². The van der Waals surface area contributed by atoms with Crippen LogP contribution < -0.4 is 16.0 Å². The third kappa shape index (κ3) is 3.36. The Bertz CT molecular complexity index is 1300. The van der Waals surface area contributed by atoms with Gasteiger partial charge in [-0.3, -0.25) is 13.9 Å². The number of hydrogen-bond donors (Lipinski definition) is 0. The Morgan fingerprint density at radius 2 is 1.86 bits per heavy atom. The van der Waals surface area contributed by atoms with Crippen molar-refractivity contribution in [2.24, 2.45) is 0 Å². The summed E-state index contributed by atoms with van der Waals surface area (Å²) in [6.45, 7) is 3.78. The Labute approximate surface area is 165 Å². The lowest BCUT2D eigenvalue weighted by Crippen LogP contribution is -2.40. The minimum absolute atomic E-state index is 0.0416. The molecule has 8 nitrogen and oxygen atoms in total. The number of nitrogens with zero attached hydrogens (tertiary/aromatic N) is 4. The minimum Gasteiger partial charge on any atom is -0.497 e. The minimum atomic E-state index is -0.460. The third-order valence-corrected chi connectivity index (χ3v) is 4.55. The number of benzene rings is 2. The predicted molar refractivity (Wildman–Crippen MR) is 108 cm³/mol. The van der Waals surface area contributed by atoms with Gasteiger partial charge in [0.1, 0.15) is 12.3 Å². The van der Waals surface area contributed by atoms with E-state index in [2.05, 4.69) is 16.7 Å². The standard InChI is InChI=1S/C21H18N4O4/c1-3-12-24-20(26)16-6-4-5-7-17(16)25(21(24)27)13-18-22-19(23-29-18)14-8-10-15(28-2)11-9-14/h3-11H,1,12-13H2,2H3. The number of aromatic nitrogens is 4. The van der Waals surface area contributed by atoms with Crippen LogP contribution in [0.4, 0.5) is 0 Å². The summed E-state index contributed by atoms with van der Waals surface area (Å²) in [4.78, 5) is 29.9. The van der Waals surface area contributed by atoms with E-state index in [0.717, 1.165) is 15.9 Å². The molecule has 0 saturated heterocycles. The molecule has 0 N–H and O–H groups in total. The van der Waals surface area contributed by atoms with Crippen molar-refractivity contribution in [1.82, 2.24) is 19.3 Å². The van der Waals surface area contributed by atoms with Crippen molar-refractivity contribution in [2.45, 2.75) is 13.1 Å². The molecule has 0 bridgehead atoms. The maximum Gasteiger partial charge on any atom is 0.332 e. The van der Waals surface area contributed by atoms with Crippen LogP contribution in [0.25, 0.3) is 22.3 Å². The van der Waals surface area contributed by atoms with Crippen LogP contribution in [0.1, 0.15) is 5.89 Å². The van der Waals surface area contributed by atoms with E-state index in [1.54, 1.807) is 43.5 Å². The first kappa shape index (κ1) is 18.4. The van der Waals surface area contributed by atoms with Crippen LogP contribution in [-0.2, 0) is 13.1 Å². The van der Waals surface area contributed by atoms with E-state index < -0.39 is 5.69 Å². The monoisotopic (exact) mass is 390 g/mol. The molecule has 0 amide bonds. The average Bonchev–Trinajstić information content (AvgIpc) is 3.23. The lowest BCUT2D eigenvalue weighted by Gasteiger charge is -2.11. The van der Waals surface area contributed by atoms with Gasteiger partial charge in [-0.15, -0.1) is 6.58 Å². The van der Waals surface area contributed by atoms with Crippen molar-refractivity contribution in [3.8, 4) is 17.1 Å². The molecular weight excluding hydrogens is 372 g/mol. The molecule has 0 aliphatic heterocycles. The number of hydrogen-bond acceptors (Lipinski definition) is 6. The molecule has 0 spiro atoms. The summed E-state index contributed by atoms with van der Waals surface area (Å²) in [7, 11) is 1.59. The zero-order valence-corrected chi connectivity index (χ0v) is 15.7. The highest BCUT2D eigenvalue weighted by atomic mass is 16.5. The summed E-state index contributed by atoms with van der Waals surface area (Å²) in [5.41, 5.74) is 0.450. The molecule has 0 atom stereocenters. The van der Waals surface area contributed by atoms with E-state index in [9.17, 15) is 9.59 Å². The van der Waals surface area contributed by atoms with Gasteiger partial charge in [0.15, 0.2) is 0 Å². The van der Waals surface area contributed by atoms with Crippen molar-refractivity contribution in [3.05, 3.63) is 87.9 Å². The second-order valence-corrected chi connectivity index (χ2v) is 6.33. The number of ether oxygens (including phenoxy) is 1. The number of fused-ring (bicyclic) bond motifs is 1. The number of allylic oxidation sites excluding steroid dienone is 1. The van der Waals surface area contributed by atoms with Gasteiger partial charge < -0.3 is 9.26 Å². The van der Waals surface area contributed by atoms with Crippen LogP contribution in [-0.4, -0.2) is 26.4 Å². The lowest BCUT2D eigenvalue weighted by atomic mass is 10.2. The number of rotatable bonds is 6. The Hall–Kier alpha value is -3.94. The zero-order chi connectivity index (χ0) is 20.4. The summed E-state index contributed by atoms with van der Waals surface area (Å²) in [6, 6.07) is 14.2. The first-order valence-corrected chi connectivity index (χ1v) is 8.92. The Morgan fingerprint density at radius 3 is 2.59 bits per heavy atom. The van der Waals surface area contributed by atoms with Crippen LogP contribution in [0.5, 0.6) is 5.75 Å². The van der Waals surface area contributed by atoms with Gasteiger partial charge in [-0.1, -0.05) is 23.4 Å². The van der Waals surface area contributed by atoms with Crippen LogP contribution >= 0.6 is 0 Å². The van der Waals surface area contributed by atoms with Crippen LogP contribution in [0.3, 0.4) is 0 Å². The Balaban J connectivity index is 1.77. The molecule has 2 heterocycles. The molecular formula is C21H18N4O4. The molecule has 146 valence electrons. The van der Waals surface area contributed by atoms with Crippen molar-refractivity contribution in [1.29, 1.82) is 0 Å². The number of methoxy groups -OCH3 is 1. The molecule has 2 aromatic carbocycles. The van der Waals surface area contributed by atoms with Gasteiger partial charge in [0.25, 0.3) is 5.56 Å². The summed E-state index contributed by atoms with van der Waals surface area (Å²) in [5.74, 6) is 1.38. The molecule has 0 aliphatic carbocycles. The van der Waals surface area contributed by atoms with Gasteiger partial charge in [0, 0.05) is 12.1 Å². The first-order chi connectivity index (χ1) is 14.1. The van der Waals surface area contributed by atoms with E-state index in [4.69, 9.17) is 9.26 Å². The van der Waals surface area contributed by atoms with Crippen molar-refractivity contribution >= 4 is 10.9 Å². The fraction of sp³-hybridized carbons (Fsp3) is 0.143. The van der Waals surface area contributed by atoms with Crippen LogP contribution in [0.15, 0.2) is 75.3 Å². The Kier molecular flexibility index (Phi) is 4.82. The highest BCUT2D eigenvalue weighted by Gasteiger charge is 2.16. The topological polar surface area (TPSA) is 92.2 Å². The van der Waals surface area contributed by atoms with Crippen LogP contribution in [0.2, 0.25) is 0 Å². The second-order valence-electron chi connectivity index (χ2n) is 6.33. The highest BCUT2D eigenvalue weighted by molar-refractivity contribution is 5.77. The SMILES string of the molecule is C=CCn1c(=O)c2ccccc2n(Cc2nc(-c3ccc(OC)cc3)no2)c1=O. The fourth-order valence-electron chi connectivity index (χ4n) is 3.13. The summed E-state index contributed by atoms with van der Waals surface area (Å²) >= 11 is 0. The van der Waals surface area contributed by atoms with Gasteiger partial charge >= 0.3 is 5.69 Å². The van der Waals surface area contributed by atoms with E-state index in [-0.39, 0.29) is 24.5 Å². The summed E-state index contributed by atoms with van der Waals surface area (Å²) < 4.78 is 13.1. The third-order valence-electron chi connectivity index (χ3n) is 4.55. The highest BCUT2D eigenvalue weighted by Crippen LogP contribution is 2.20. The molecule has 2 aromatic heterocycles. The molecule has 29 heavy (non-hydrogen) atoms. The van der Waals surface area contributed by atoms with Crippen LogP contribution in [0, 0.1) is 0 Å². The summed E-state index contributed by atoms with van der Waals surface area (Å²) in [5, 5.41) is 4.43. The first-order valence-electron chi connectivity index (χ1n) is 8.92. The fourth-order valence-corrected chi connectivity index (χ4v) is 3.13. The van der Waals surface area contributed by atoms with Gasteiger partial charge in [-0.2, -0.15) is 4.98 Å². The lowest BCUT2D eigenvalue weighted by molar-refractivity contribution is 0.369. The average molecular weight is 390 g/mol. The molecule has 0 aliphatic rings. The molecule has 0 radical (unpaired) electrons. The molecule has 8 heteroatoms. The number of para-hydroxylation sites is 1. The maximum absolute atomic E-state index is 12.9. The molecule has 4 rings (SSSR count). The molecule has 0 fully saturated rings. The largest absolute Gasteiger partial charge is 0.497 e. The van der Waals surface area contributed by atoms with E-state index >= 15 is 0 Å². The smallest absolute Gasteiger partial charge is 0.332 e. The normalized spacial score (nSPS) is 10.9. The van der Waals surface area contributed by atoms with Crippen molar-refractivity contribution in [2.75, 3.05) is 7.11 Å². The molecule has 4 aromatic rings. The van der Waals surface area contributed by atoms with Gasteiger partial charge in [-0.05, 0) is 36.4 Å². The quantitative estimate of drug-likeness (QED) is 0.470. The van der Waals surface area contributed by atoms with E-state index in [1.807, 2.05) is 12.1 Å². The van der Waals surface area contributed by atoms with Gasteiger partial charge in [0.2, 0.25) is 11.7 Å². The zero-order valence-electron chi connectivity index (χ0n) is 15.7. The van der Waals surface area contributed by atoms with E-state index in [0.29, 0.717) is 16.7 Å². The molecule has 0 unspecified atom stereocenters. The van der Waals surface area contributed by atoms with Crippen molar-refractivity contribution in [3.63, 3.8) is 0 Å².